The van der Waals surface area contributed by atoms with Crippen molar-refractivity contribution in [3.8, 4) is 0 Å². The number of anilines is 1. The van der Waals surface area contributed by atoms with E-state index in [2.05, 4.69) is 10.0 Å². The summed E-state index contributed by atoms with van der Waals surface area (Å²) in [7, 11) is 0. The molecule has 0 radical (unpaired) electrons. The normalized spacial score (nSPS) is 9.87. The van der Waals surface area contributed by atoms with Gasteiger partial charge in [0.25, 0.3) is 0 Å². The molecule has 0 fully saturated rings. The van der Waals surface area contributed by atoms with Gasteiger partial charge in [0.2, 0.25) is 0 Å². The van der Waals surface area contributed by atoms with Crippen molar-refractivity contribution in [2.75, 3.05) is 5.73 Å². The number of hydrogen-bond donors (Lipinski definition) is 1. The van der Waals surface area contributed by atoms with Crippen LogP contribution >= 0.6 is 0 Å². The summed E-state index contributed by atoms with van der Waals surface area (Å²) < 4.78 is 4.93. The summed E-state index contributed by atoms with van der Waals surface area (Å²) in [5.74, 6) is 0. The first-order valence-corrected chi connectivity index (χ1v) is 4.09. The van der Waals surface area contributed by atoms with Gasteiger partial charge in [0.05, 0.1) is 0 Å². The van der Waals surface area contributed by atoms with E-state index in [0.717, 1.165) is 0 Å². The van der Waals surface area contributed by atoms with Gasteiger partial charge in [0.1, 0.15) is 11.3 Å². The Morgan fingerprint density at radius 1 is 1.40 bits per heavy atom. The van der Waals surface area contributed by atoms with E-state index < -0.39 is 5.63 Å². The first kappa shape index (κ1) is 9.11. The summed E-state index contributed by atoms with van der Waals surface area (Å²) >= 11 is 0. The summed E-state index contributed by atoms with van der Waals surface area (Å²) in [4.78, 5) is 13.8. The van der Waals surface area contributed by atoms with Crippen molar-refractivity contribution in [2.45, 2.75) is 0 Å². The third kappa shape index (κ3) is 1.61. The molecule has 0 spiro atoms. The molecule has 74 valence electrons. The summed E-state index contributed by atoms with van der Waals surface area (Å²) in [6.45, 7) is 0. The monoisotopic (exact) mass is 202 g/mol. The summed E-state index contributed by atoms with van der Waals surface area (Å²) in [6.07, 6.45) is 0. The molecule has 15 heavy (non-hydrogen) atoms. The number of fused-ring (bicyclic) bond motifs is 1. The van der Waals surface area contributed by atoms with Crippen molar-refractivity contribution in [2.24, 2.45) is 5.11 Å². The lowest BCUT2D eigenvalue weighted by Gasteiger charge is -1.98. The van der Waals surface area contributed by atoms with E-state index in [-0.39, 0.29) is 5.69 Å². The Kier molecular flexibility index (Phi) is 2.04. The molecule has 2 rings (SSSR count). The molecule has 0 atom stereocenters. The highest BCUT2D eigenvalue weighted by molar-refractivity contribution is 5.81. The standard InChI is InChI=1S/C9H6N4O2/c10-6-2-1-5-3-7(12-13-11)9(14)15-8(5)4-6/h1-4H,10H2. The number of nitrogen functional groups attached to an aromatic ring is 1. The molecule has 1 aromatic carbocycles. The predicted octanol–water partition coefficient (Wildman–Crippen LogP) is 2.32. The largest absolute Gasteiger partial charge is 0.422 e. The number of benzene rings is 1. The van der Waals surface area contributed by atoms with Gasteiger partial charge in [-0.15, -0.1) is 0 Å². The van der Waals surface area contributed by atoms with Crippen LogP contribution in [0.25, 0.3) is 21.4 Å². The van der Waals surface area contributed by atoms with Crippen molar-refractivity contribution in [1.29, 1.82) is 0 Å². The van der Waals surface area contributed by atoms with E-state index in [0.29, 0.717) is 16.7 Å². The molecular weight excluding hydrogens is 196 g/mol. The molecule has 0 unspecified atom stereocenters. The van der Waals surface area contributed by atoms with Crippen LogP contribution in [-0.4, -0.2) is 0 Å². The predicted molar refractivity (Wildman–Crippen MR) is 55.7 cm³/mol. The molecule has 2 N–H and O–H groups in total. The Labute approximate surface area is 83.6 Å². The molecule has 6 heteroatoms. The molecule has 0 bridgehead atoms. The van der Waals surface area contributed by atoms with Crippen molar-refractivity contribution < 1.29 is 4.42 Å². The first-order chi connectivity index (χ1) is 7.20. The van der Waals surface area contributed by atoms with Crippen LogP contribution in [0.15, 0.2) is 38.6 Å². The number of hydrogen-bond acceptors (Lipinski definition) is 4. The molecule has 0 saturated heterocycles. The van der Waals surface area contributed by atoms with E-state index in [9.17, 15) is 4.79 Å². The lowest BCUT2D eigenvalue weighted by Crippen LogP contribution is -1.97. The van der Waals surface area contributed by atoms with Crippen LogP contribution in [0.3, 0.4) is 0 Å². The van der Waals surface area contributed by atoms with Crippen LogP contribution in [0.5, 0.6) is 0 Å². The van der Waals surface area contributed by atoms with Gasteiger partial charge in [-0.1, -0.05) is 5.11 Å². The van der Waals surface area contributed by atoms with Gasteiger partial charge in [0.15, 0.2) is 0 Å². The maximum absolute atomic E-state index is 11.3. The van der Waals surface area contributed by atoms with Gasteiger partial charge >= 0.3 is 5.63 Å². The van der Waals surface area contributed by atoms with Crippen LogP contribution < -0.4 is 11.4 Å². The average Bonchev–Trinajstić information content (AvgIpc) is 2.20. The van der Waals surface area contributed by atoms with Crippen LogP contribution in [0.1, 0.15) is 0 Å². The third-order valence-corrected chi connectivity index (χ3v) is 1.89. The zero-order valence-corrected chi connectivity index (χ0v) is 7.54. The molecule has 0 aliphatic carbocycles. The Bertz CT molecular complexity index is 626. The van der Waals surface area contributed by atoms with Gasteiger partial charge in [-0.3, -0.25) is 0 Å². The second-order valence-electron chi connectivity index (χ2n) is 2.91. The fraction of sp³-hybridized carbons (Fsp3) is 0. The summed E-state index contributed by atoms with van der Waals surface area (Å²) in [5, 5.41) is 3.88. The van der Waals surface area contributed by atoms with E-state index >= 15 is 0 Å². The molecule has 0 saturated carbocycles. The molecule has 1 aromatic heterocycles. The highest BCUT2D eigenvalue weighted by atomic mass is 16.4. The van der Waals surface area contributed by atoms with Crippen molar-refractivity contribution in [1.82, 2.24) is 0 Å². The average molecular weight is 202 g/mol. The lowest BCUT2D eigenvalue weighted by molar-refractivity contribution is 0.562. The van der Waals surface area contributed by atoms with Crippen LogP contribution in [0, 0.1) is 0 Å². The molecule has 1 heterocycles. The highest BCUT2D eigenvalue weighted by Crippen LogP contribution is 2.19. The Hall–Kier alpha value is -2.46. The molecule has 2 aromatic rings. The first-order valence-electron chi connectivity index (χ1n) is 4.09. The second-order valence-corrected chi connectivity index (χ2v) is 2.91. The zero-order valence-electron chi connectivity index (χ0n) is 7.54. The lowest BCUT2D eigenvalue weighted by atomic mass is 10.2. The maximum Gasteiger partial charge on any atom is 0.345 e. The topological polar surface area (TPSA) is 105 Å². The Balaban J connectivity index is 2.81. The highest BCUT2D eigenvalue weighted by Gasteiger charge is 2.03. The fourth-order valence-electron chi connectivity index (χ4n) is 1.23. The summed E-state index contributed by atoms with van der Waals surface area (Å²) in [6, 6.07) is 6.35. The molecule has 0 aliphatic rings. The minimum absolute atomic E-state index is 0.0604. The van der Waals surface area contributed by atoms with Crippen molar-refractivity contribution in [3.05, 3.63) is 45.1 Å². The number of nitrogens with two attached hydrogens (primary N) is 1. The van der Waals surface area contributed by atoms with Crippen LogP contribution in [-0.2, 0) is 0 Å². The van der Waals surface area contributed by atoms with Gasteiger partial charge < -0.3 is 10.2 Å². The van der Waals surface area contributed by atoms with E-state index in [1.54, 1.807) is 12.1 Å². The van der Waals surface area contributed by atoms with Crippen molar-refractivity contribution in [3.63, 3.8) is 0 Å². The van der Waals surface area contributed by atoms with Crippen LogP contribution in [0.2, 0.25) is 0 Å². The third-order valence-electron chi connectivity index (χ3n) is 1.89. The molecule has 0 amide bonds. The minimum Gasteiger partial charge on any atom is -0.422 e. The molecular formula is C9H6N4O2. The smallest absolute Gasteiger partial charge is 0.345 e. The number of rotatable bonds is 1. The van der Waals surface area contributed by atoms with E-state index in [1.165, 1.54) is 12.1 Å². The Morgan fingerprint density at radius 2 is 2.20 bits per heavy atom. The minimum atomic E-state index is -0.675. The number of azide groups is 1. The SMILES string of the molecule is [N-]=[N+]=Nc1cc2ccc(N)cc2oc1=O. The Morgan fingerprint density at radius 3 is 2.93 bits per heavy atom. The summed E-state index contributed by atoms with van der Waals surface area (Å²) in [5.41, 5.74) is 13.9. The molecule has 6 nitrogen and oxygen atoms in total. The van der Waals surface area contributed by atoms with E-state index in [4.69, 9.17) is 15.7 Å². The molecule has 0 aliphatic heterocycles. The van der Waals surface area contributed by atoms with Gasteiger partial charge in [-0.25, -0.2) is 4.79 Å². The quantitative estimate of drug-likeness (QED) is 0.252. The second kappa shape index (κ2) is 3.36. The van der Waals surface area contributed by atoms with E-state index in [1.807, 2.05) is 0 Å². The fourth-order valence-corrected chi connectivity index (χ4v) is 1.23. The maximum atomic E-state index is 11.3. The van der Waals surface area contributed by atoms with Crippen molar-refractivity contribution >= 4 is 22.3 Å². The van der Waals surface area contributed by atoms with Gasteiger partial charge in [-0.05, 0) is 23.7 Å². The van der Waals surface area contributed by atoms with Gasteiger partial charge in [0, 0.05) is 22.1 Å². The number of nitrogens with zero attached hydrogens (tertiary/aromatic N) is 3. The van der Waals surface area contributed by atoms with Crippen LogP contribution in [0.4, 0.5) is 11.4 Å². The zero-order chi connectivity index (χ0) is 10.8. The van der Waals surface area contributed by atoms with Gasteiger partial charge in [-0.2, -0.15) is 0 Å².